The highest BCUT2D eigenvalue weighted by molar-refractivity contribution is 5.49. The molecule has 3 nitrogen and oxygen atoms in total. The largest absolute Gasteiger partial charge is 0.398 e. The van der Waals surface area contributed by atoms with Crippen molar-refractivity contribution in [2.75, 3.05) is 12.3 Å². The number of aryl methyl sites for hydroxylation is 1. The van der Waals surface area contributed by atoms with Gasteiger partial charge in [0.25, 0.3) is 0 Å². The number of hydrogen-bond donors (Lipinski definition) is 3. The van der Waals surface area contributed by atoms with Gasteiger partial charge in [0.05, 0.1) is 12.6 Å². The lowest BCUT2D eigenvalue weighted by atomic mass is 10.0. The molecule has 1 rings (SSSR count). The average Bonchev–Trinajstić information content (AvgIpc) is 2.10. The Morgan fingerprint density at radius 2 is 2.15 bits per heavy atom. The summed E-state index contributed by atoms with van der Waals surface area (Å²) in [6, 6.07) is 2.10. The monoisotopic (exact) mass is 184 g/mol. The van der Waals surface area contributed by atoms with Gasteiger partial charge in [-0.05, 0) is 24.6 Å². The molecule has 1 atom stereocenters. The Morgan fingerprint density at radius 1 is 1.54 bits per heavy atom. The molecule has 1 aromatic carbocycles. The minimum absolute atomic E-state index is 0.278. The van der Waals surface area contributed by atoms with Crippen LogP contribution in [0.25, 0.3) is 0 Å². The summed E-state index contributed by atoms with van der Waals surface area (Å²) in [6.45, 7) is 1.49. The van der Waals surface area contributed by atoms with E-state index < -0.39 is 11.9 Å². The SMILES string of the molecule is Cc1cc([C@@H](N)CO)c(F)cc1N. The van der Waals surface area contributed by atoms with E-state index in [1.165, 1.54) is 6.07 Å². The predicted molar refractivity (Wildman–Crippen MR) is 49.6 cm³/mol. The van der Waals surface area contributed by atoms with Crippen molar-refractivity contribution in [1.29, 1.82) is 0 Å². The molecular formula is C9H13FN2O. The van der Waals surface area contributed by atoms with Crippen molar-refractivity contribution in [2.24, 2.45) is 5.73 Å². The summed E-state index contributed by atoms with van der Waals surface area (Å²) in [5.74, 6) is -0.468. The normalized spacial score (nSPS) is 12.9. The van der Waals surface area contributed by atoms with Gasteiger partial charge in [0.1, 0.15) is 5.82 Å². The van der Waals surface area contributed by atoms with Crippen LogP contribution in [-0.2, 0) is 0 Å². The van der Waals surface area contributed by atoms with Crippen molar-refractivity contribution in [3.8, 4) is 0 Å². The van der Waals surface area contributed by atoms with Crippen LogP contribution >= 0.6 is 0 Å². The number of anilines is 1. The molecule has 0 bridgehead atoms. The molecule has 0 unspecified atom stereocenters. The van der Waals surface area contributed by atoms with Crippen LogP contribution in [0.5, 0.6) is 0 Å². The van der Waals surface area contributed by atoms with E-state index in [0.29, 0.717) is 11.3 Å². The van der Waals surface area contributed by atoms with Gasteiger partial charge in [-0.15, -0.1) is 0 Å². The quantitative estimate of drug-likeness (QED) is 0.593. The molecule has 4 heteroatoms. The molecule has 0 aliphatic rings. The molecule has 0 aliphatic carbocycles. The minimum atomic E-state index is -0.681. The molecule has 72 valence electrons. The Balaban J connectivity index is 3.15. The summed E-state index contributed by atoms with van der Waals surface area (Å²) in [6.07, 6.45) is 0. The van der Waals surface area contributed by atoms with Crippen LogP contribution in [0.3, 0.4) is 0 Å². The first-order valence-electron chi connectivity index (χ1n) is 3.98. The maximum atomic E-state index is 13.2. The van der Waals surface area contributed by atoms with Gasteiger partial charge in [0, 0.05) is 11.3 Å². The third kappa shape index (κ3) is 1.96. The maximum absolute atomic E-state index is 13.2. The Kier molecular flexibility index (Phi) is 2.85. The van der Waals surface area contributed by atoms with Crippen molar-refractivity contribution >= 4 is 5.69 Å². The Morgan fingerprint density at radius 3 is 2.69 bits per heavy atom. The molecule has 0 saturated heterocycles. The minimum Gasteiger partial charge on any atom is -0.398 e. The van der Waals surface area contributed by atoms with E-state index >= 15 is 0 Å². The van der Waals surface area contributed by atoms with Gasteiger partial charge in [-0.1, -0.05) is 0 Å². The third-order valence-corrected chi connectivity index (χ3v) is 1.98. The van der Waals surface area contributed by atoms with E-state index in [1.54, 1.807) is 13.0 Å². The van der Waals surface area contributed by atoms with Gasteiger partial charge >= 0.3 is 0 Å². The lowest BCUT2D eigenvalue weighted by molar-refractivity contribution is 0.265. The molecular weight excluding hydrogens is 171 g/mol. The molecule has 1 aromatic rings. The maximum Gasteiger partial charge on any atom is 0.130 e. The van der Waals surface area contributed by atoms with Crippen LogP contribution in [0.1, 0.15) is 17.2 Å². The van der Waals surface area contributed by atoms with Crippen LogP contribution in [0.15, 0.2) is 12.1 Å². The number of halogens is 1. The van der Waals surface area contributed by atoms with Gasteiger partial charge < -0.3 is 16.6 Å². The smallest absolute Gasteiger partial charge is 0.130 e. The van der Waals surface area contributed by atoms with Crippen LogP contribution in [0.2, 0.25) is 0 Å². The van der Waals surface area contributed by atoms with Crippen LogP contribution in [0, 0.1) is 12.7 Å². The molecule has 0 aliphatic heterocycles. The Labute approximate surface area is 76.2 Å². The third-order valence-electron chi connectivity index (χ3n) is 1.98. The number of aliphatic hydroxyl groups is 1. The van der Waals surface area contributed by atoms with Crippen molar-refractivity contribution in [1.82, 2.24) is 0 Å². The molecule has 0 radical (unpaired) electrons. The van der Waals surface area contributed by atoms with Gasteiger partial charge in [-0.25, -0.2) is 4.39 Å². The summed E-state index contributed by atoms with van der Waals surface area (Å²) in [5, 5.41) is 8.75. The van der Waals surface area contributed by atoms with Crippen molar-refractivity contribution in [3.05, 3.63) is 29.1 Å². The molecule has 0 saturated carbocycles. The number of hydrogen-bond acceptors (Lipinski definition) is 3. The second-order valence-corrected chi connectivity index (χ2v) is 3.02. The summed E-state index contributed by atoms with van der Waals surface area (Å²) in [7, 11) is 0. The molecule has 0 aromatic heterocycles. The number of benzene rings is 1. The van der Waals surface area contributed by atoms with Gasteiger partial charge in [-0.3, -0.25) is 0 Å². The first-order chi connectivity index (χ1) is 6.06. The zero-order chi connectivity index (χ0) is 10.0. The number of nitrogen functional groups attached to an aromatic ring is 1. The lowest BCUT2D eigenvalue weighted by Gasteiger charge is -2.11. The zero-order valence-electron chi connectivity index (χ0n) is 7.42. The number of nitrogens with two attached hydrogens (primary N) is 2. The molecule has 0 heterocycles. The van der Waals surface area contributed by atoms with E-state index in [1.807, 2.05) is 0 Å². The summed E-state index contributed by atoms with van der Waals surface area (Å²) in [5.41, 5.74) is 12.4. The van der Waals surface area contributed by atoms with Crippen molar-refractivity contribution in [3.63, 3.8) is 0 Å². The van der Waals surface area contributed by atoms with Crippen LogP contribution in [0.4, 0.5) is 10.1 Å². The summed E-state index contributed by atoms with van der Waals surface area (Å²) >= 11 is 0. The van der Waals surface area contributed by atoms with E-state index in [9.17, 15) is 4.39 Å². The van der Waals surface area contributed by atoms with E-state index in [4.69, 9.17) is 16.6 Å². The first-order valence-corrected chi connectivity index (χ1v) is 3.98. The topological polar surface area (TPSA) is 72.3 Å². The summed E-state index contributed by atoms with van der Waals surface area (Å²) < 4.78 is 13.2. The molecule has 0 spiro atoms. The summed E-state index contributed by atoms with van der Waals surface area (Å²) in [4.78, 5) is 0. The highest BCUT2D eigenvalue weighted by atomic mass is 19.1. The second kappa shape index (κ2) is 3.72. The van der Waals surface area contributed by atoms with Crippen molar-refractivity contribution in [2.45, 2.75) is 13.0 Å². The van der Waals surface area contributed by atoms with Gasteiger partial charge in [0.15, 0.2) is 0 Å². The molecule has 0 amide bonds. The average molecular weight is 184 g/mol. The first kappa shape index (κ1) is 9.95. The predicted octanol–water partition coefficient (Wildman–Crippen LogP) is 0.708. The number of aliphatic hydroxyl groups excluding tert-OH is 1. The van der Waals surface area contributed by atoms with Gasteiger partial charge in [-0.2, -0.15) is 0 Å². The Bertz CT molecular complexity index is 315. The lowest BCUT2D eigenvalue weighted by Crippen LogP contribution is -2.16. The van der Waals surface area contributed by atoms with Crippen LogP contribution in [-0.4, -0.2) is 11.7 Å². The molecule has 5 N–H and O–H groups in total. The van der Waals surface area contributed by atoms with Crippen LogP contribution < -0.4 is 11.5 Å². The van der Waals surface area contributed by atoms with Gasteiger partial charge in [0.2, 0.25) is 0 Å². The standard InChI is InChI=1S/C9H13FN2O/c1-5-2-6(9(12)4-13)7(10)3-8(5)11/h2-3,9,13H,4,11-12H2,1H3/t9-/m0/s1. The molecule has 13 heavy (non-hydrogen) atoms. The highest BCUT2D eigenvalue weighted by Crippen LogP contribution is 2.21. The van der Waals surface area contributed by atoms with E-state index in [0.717, 1.165) is 5.56 Å². The highest BCUT2D eigenvalue weighted by Gasteiger charge is 2.11. The van der Waals surface area contributed by atoms with E-state index in [-0.39, 0.29) is 6.61 Å². The Hall–Kier alpha value is -1.13. The van der Waals surface area contributed by atoms with E-state index in [2.05, 4.69) is 0 Å². The second-order valence-electron chi connectivity index (χ2n) is 3.02. The fraction of sp³-hybridized carbons (Fsp3) is 0.333. The fourth-order valence-corrected chi connectivity index (χ4v) is 1.10. The zero-order valence-corrected chi connectivity index (χ0v) is 7.42. The molecule has 0 fully saturated rings. The van der Waals surface area contributed by atoms with Crippen molar-refractivity contribution < 1.29 is 9.50 Å². The fourth-order valence-electron chi connectivity index (χ4n) is 1.10. The number of rotatable bonds is 2.